The van der Waals surface area contributed by atoms with Crippen molar-refractivity contribution in [3.05, 3.63) is 112 Å². The third-order valence-corrected chi connectivity index (χ3v) is 8.63. The molecule has 3 rings (SSSR count). The van der Waals surface area contributed by atoms with Crippen LogP contribution in [0.3, 0.4) is 0 Å². The Morgan fingerprint density at radius 3 is 1.41 bits per heavy atom. The summed E-state index contributed by atoms with van der Waals surface area (Å²) in [5.41, 5.74) is 0.0780. The van der Waals surface area contributed by atoms with E-state index >= 15 is 0 Å². The molecule has 9 nitrogen and oxygen atoms in total. The van der Waals surface area contributed by atoms with Crippen LogP contribution in [0.1, 0.15) is 45.7 Å². The van der Waals surface area contributed by atoms with Crippen molar-refractivity contribution < 1.29 is 35.9 Å². The van der Waals surface area contributed by atoms with Crippen molar-refractivity contribution in [2.45, 2.75) is 13.8 Å². The molecule has 0 saturated carbocycles. The highest BCUT2D eigenvalue weighted by atomic mass is 32.3. The lowest BCUT2D eigenvalue weighted by Crippen LogP contribution is -2.34. The highest BCUT2D eigenvalue weighted by Gasteiger charge is 2.33. The minimum Gasteiger partial charge on any atom is -0.462 e. The van der Waals surface area contributed by atoms with Crippen LogP contribution in [0.25, 0.3) is 12.2 Å². The average Bonchev–Trinajstić information content (AvgIpc) is 2.92. The Morgan fingerprint density at radius 1 is 0.667 bits per heavy atom. The molecule has 39 heavy (non-hydrogen) atoms. The van der Waals surface area contributed by atoms with Gasteiger partial charge in [-0.2, -0.15) is 3.71 Å². The summed E-state index contributed by atoms with van der Waals surface area (Å²) in [4.78, 5) is 25.1. The smallest absolute Gasteiger partial charge is 0.338 e. The molecule has 0 heterocycles. The third kappa shape index (κ3) is 7.88. The molecule has 11 heteroatoms. The fourth-order valence-electron chi connectivity index (χ4n) is 3.39. The minimum absolute atomic E-state index is 0.00224. The summed E-state index contributed by atoms with van der Waals surface area (Å²) in [5, 5.41) is 1.47. The first-order chi connectivity index (χ1) is 18.6. The van der Waals surface area contributed by atoms with Gasteiger partial charge in [0.25, 0.3) is 20.0 Å². The van der Waals surface area contributed by atoms with Gasteiger partial charge in [0.2, 0.25) is 0 Å². The third-order valence-electron chi connectivity index (χ3n) is 5.08. The van der Waals surface area contributed by atoms with E-state index in [4.69, 9.17) is 9.47 Å². The molecule has 0 bridgehead atoms. The molecule has 204 valence electrons. The Labute approximate surface area is 228 Å². The van der Waals surface area contributed by atoms with Crippen molar-refractivity contribution in [1.82, 2.24) is 0 Å². The first-order valence-electron chi connectivity index (χ1n) is 11.8. The highest BCUT2D eigenvalue weighted by molar-refractivity contribution is 8.12. The second-order valence-electron chi connectivity index (χ2n) is 7.92. The topological polar surface area (TPSA) is 124 Å². The van der Waals surface area contributed by atoms with Crippen LogP contribution in [-0.4, -0.2) is 42.0 Å². The average molecular weight is 570 g/mol. The lowest BCUT2D eigenvalue weighted by atomic mass is 10.1. The summed E-state index contributed by atoms with van der Waals surface area (Å²) in [6.45, 7) is 3.13. The van der Waals surface area contributed by atoms with Crippen LogP contribution in [0.4, 0.5) is 5.69 Å². The molecule has 0 aliphatic rings. The molecule has 0 unspecified atom stereocenters. The van der Waals surface area contributed by atoms with Gasteiger partial charge in [0.05, 0.1) is 40.8 Å². The molecule has 0 amide bonds. The number of benzene rings is 3. The number of sulfonamides is 2. The molecule has 0 spiro atoms. The van der Waals surface area contributed by atoms with Gasteiger partial charge in [-0.25, -0.2) is 26.4 Å². The normalized spacial score (nSPS) is 11.9. The molecule has 3 aromatic carbocycles. The van der Waals surface area contributed by atoms with E-state index in [0.29, 0.717) is 11.1 Å². The van der Waals surface area contributed by atoms with E-state index in [1.54, 1.807) is 74.5 Å². The lowest BCUT2D eigenvalue weighted by molar-refractivity contribution is 0.0525. The van der Waals surface area contributed by atoms with E-state index < -0.39 is 37.7 Å². The standard InChI is InChI=1S/C28H27NO8S2/c1-3-36-27(30)24-19-25(28(31)37-4-2)21-26(20-24)29(38(32,33)17-15-22-11-7-5-8-12-22)39(34,35)18-16-23-13-9-6-10-14-23/h5-21H,3-4H2,1-2H3/b17-15+,18-16+. The van der Waals surface area contributed by atoms with E-state index in [2.05, 4.69) is 0 Å². The van der Waals surface area contributed by atoms with Crippen molar-refractivity contribution in [2.75, 3.05) is 16.9 Å². The zero-order chi connectivity index (χ0) is 28.5. The summed E-state index contributed by atoms with van der Waals surface area (Å²) in [6.07, 6.45) is 2.47. The van der Waals surface area contributed by atoms with Crippen LogP contribution >= 0.6 is 0 Å². The molecular weight excluding hydrogens is 542 g/mol. The van der Waals surface area contributed by atoms with Crippen LogP contribution in [-0.2, 0) is 29.5 Å². The predicted octanol–water partition coefficient (Wildman–Crippen LogP) is 4.85. The number of rotatable bonds is 11. The van der Waals surface area contributed by atoms with Gasteiger partial charge < -0.3 is 9.47 Å². The van der Waals surface area contributed by atoms with Crippen molar-refractivity contribution in [1.29, 1.82) is 0 Å². The van der Waals surface area contributed by atoms with Gasteiger partial charge >= 0.3 is 11.9 Å². The molecule has 0 aliphatic heterocycles. The summed E-state index contributed by atoms with van der Waals surface area (Å²) in [7, 11) is -9.47. The number of hydrogen-bond acceptors (Lipinski definition) is 8. The van der Waals surface area contributed by atoms with Gasteiger partial charge in [-0.05, 0) is 55.3 Å². The second kappa shape index (κ2) is 13.0. The number of esters is 2. The van der Waals surface area contributed by atoms with Gasteiger partial charge in [-0.3, -0.25) is 0 Å². The monoisotopic (exact) mass is 569 g/mol. The lowest BCUT2D eigenvalue weighted by Gasteiger charge is -2.22. The fraction of sp³-hybridized carbons (Fsp3) is 0.143. The Bertz CT molecular complexity index is 1470. The van der Waals surface area contributed by atoms with E-state index in [1.165, 1.54) is 12.2 Å². The Morgan fingerprint density at radius 2 is 1.05 bits per heavy atom. The molecular formula is C28H27NO8S2. The van der Waals surface area contributed by atoms with E-state index in [9.17, 15) is 26.4 Å². The molecule has 0 fully saturated rings. The molecule has 3 aromatic rings. The maximum atomic E-state index is 13.6. The fourth-order valence-corrected chi connectivity index (χ4v) is 6.52. The Balaban J connectivity index is 2.23. The van der Waals surface area contributed by atoms with Gasteiger partial charge in [0.1, 0.15) is 0 Å². The van der Waals surface area contributed by atoms with Crippen LogP contribution in [0.15, 0.2) is 89.7 Å². The number of ether oxygens (including phenoxy) is 2. The van der Waals surface area contributed by atoms with E-state index in [1.807, 2.05) is 0 Å². The maximum absolute atomic E-state index is 13.6. The van der Waals surface area contributed by atoms with Gasteiger partial charge in [-0.1, -0.05) is 60.7 Å². The van der Waals surface area contributed by atoms with Crippen molar-refractivity contribution in [3.63, 3.8) is 0 Å². The molecule has 0 aromatic heterocycles. The first kappa shape index (κ1) is 29.3. The zero-order valence-electron chi connectivity index (χ0n) is 21.3. The summed E-state index contributed by atoms with van der Waals surface area (Å²) < 4.78 is 64.4. The first-order valence-corrected chi connectivity index (χ1v) is 14.8. The van der Waals surface area contributed by atoms with Crippen LogP contribution in [0, 0.1) is 0 Å². The second-order valence-corrected chi connectivity index (χ2v) is 11.5. The maximum Gasteiger partial charge on any atom is 0.338 e. The molecule has 0 radical (unpaired) electrons. The summed E-state index contributed by atoms with van der Waals surface area (Å²) >= 11 is 0. The van der Waals surface area contributed by atoms with Crippen LogP contribution < -0.4 is 3.71 Å². The van der Waals surface area contributed by atoms with Crippen molar-refractivity contribution in [3.8, 4) is 0 Å². The van der Waals surface area contributed by atoms with E-state index in [0.717, 1.165) is 29.0 Å². The Kier molecular flexibility index (Phi) is 9.80. The summed E-state index contributed by atoms with van der Waals surface area (Å²) in [6, 6.07) is 20.0. The number of nitrogens with zero attached hydrogens (tertiary/aromatic N) is 1. The van der Waals surface area contributed by atoms with Crippen molar-refractivity contribution >= 4 is 49.8 Å². The van der Waals surface area contributed by atoms with Gasteiger partial charge in [0, 0.05) is 0 Å². The molecule has 0 aliphatic carbocycles. The van der Waals surface area contributed by atoms with Crippen LogP contribution in [0.5, 0.6) is 0 Å². The number of hydrogen-bond donors (Lipinski definition) is 0. The zero-order valence-corrected chi connectivity index (χ0v) is 22.9. The quantitative estimate of drug-likeness (QED) is 0.300. The minimum atomic E-state index is -4.74. The summed E-state index contributed by atoms with van der Waals surface area (Å²) in [5.74, 6) is -1.75. The largest absolute Gasteiger partial charge is 0.462 e. The number of anilines is 1. The molecule has 0 saturated heterocycles. The van der Waals surface area contributed by atoms with Crippen LogP contribution in [0.2, 0.25) is 0 Å². The Hall–Kier alpha value is -4.22. The van der Waals surface area contributed by atoms with Gasteiger partial charge in [-0.15, -0.1) is 0 Å². The van der Waals surface area contributed by atoms with Gasteiger partial charge in [0.15, 0.2) is 0 Å². The number of carbonyl (C=O) groups is 2. The van der Waals surface area contributed by atoms with E-state index in [-0.39, 0.29) is 28.1 Å². The molecule has 0 atom stereocenters. The predicted molar refractivity (Wildman–Crippen MR) is 150 cm³/mol. The highest BCUT2D eigenvalue weighted by Crippen LogP contribution is 2.29. The molecule has 0 N–H and O–H groups in total. The SMILES string of the molecule is CCOC(=O)c1cc(C(=O)OCC)cc(N(S(=O)(=O)/C=C/c2ccccc2)S(=O)(=O)/C=C/c2ccccc2)c1. The van der Waals surface area contributed by atoms with Crippen molar-refractivity contribution in [2.24, 2.45) is 0 Å². The number of carbonyl (C=O) groups excluding carboxylic acids is 2.